The number of aliphatic hydroxyl groups excluding tert-OH is 1. The van der Waals surface area contributed by atoms with Crippen LogP contribution in [0.25, 0.3) is 0 Å². The number of carbonyl (C=O) groups is 1. The zero-order valence-corrected chi connectivity index (χ0v) is 12.4. The summed E-state index contributed by atoms with van der Waals surface area (Å²) in [4.78, 5) is 10.2. The summed E-state index contributed by atoms with van der Waals surface area (Å²) in [6, 6.07) is 0. The monoisotopic (exact) mass is 271 g/mol. The minimum absolute atomic E-state index is 0.219. The van der Waals surface area contributed by atoms with Crippen LogP contribution in [0.4, 0.5) is 0 Å². The Bertz CT molecular complexity index is 192. The third kappa shape index (κ3) is 17.4. The normalized spacial score (nSPS) is 10.8. The van der Waals surface area contributed by atoms with E-state index in [9.17, 15) is 9.90 Å². The third-order valence-electron chi connectivity index (χ3n) is 3.54. The van der Waals surface area contributed by atoms with E-state index in [4.69, 9.17) is 5.11 Å². The van der Waals surface area contributed by atoms with Gasteiger partial charge in [0.2, 0.25) is 0 Å². The van der Waals surface area contributed by atoms with Gasteiger partial charge < -0.3 is 15.0 Å². The molecule has 0 radical (unpaired) electrons. The number of aliphatic carboxylic acids is 1. The number of hydrogen-bond donors (Lipinski definition) is 1. The van der Waals surface area contributed by atoms with Crippen LogP contribution in [0.1, 0.15) is 89.9 Å². The average Bonchev–Trinajstić information content (AvgIpc) is 2.39. The van der Waals surface area contributed by atoms with Crippen LogP contribution < -0.4 is 5.11 Å². The first-order valence-electron chi connectivity index (χ1n) is 8.08. The first kappa shape index (κ1) is 18.4. The Balaban J connectivity index is 2.93. The van der Waals surface area contributed by atoms with Crippen LogP contribution >= 0.6 is 0 Å². The van der Waals surface area contributed by atoms with Crippen LogP contribution in [0, 0.1) is 0 Å². The molecule has 0 aliphatic heterocycles. The van der Waals surface area contributed by atoms with Crippen molar-refractivity contribution >= 4 is 5.97 Å². The van der Waals surface area contributed by atoms with Crippen LogP contribution in [0.3, 0.4) is 0 Å². The van der Waals surface area contributed by atoms with Gasteiger partial charge in [-0.1, -0.05) is 70.6 Å². The summed E-state index contributed by atoms with van der Waals surface area (Å²) in [5.74, 6) is -0.918. The summed E-state index contributed by atoms with van der Waals surface area (Å²) in [6.07, 6.45) is 15.7. The standard InChI is InChI=1S/C16H32O3/c17-15-13-11-9-7-5-3-1-2-4-6-8-10-12-14-16(18)19/h17H,1-15H2,(H,18,19)/p-1. The van der Waals surface area contributed by atoms with Crippen molar-refractivity contribution in [3.63, 3.8) is 0 Å². The molecule has 0 spiro atoms. The molecule has 0 aliphatic carbocycles. The molecule has 0 fully saturated rings. The molecule has 0 atom stereocenters. The van der Waals surface area contributed by atoms with E-state index in [2.05, 4.69) is 0 Å². The number of carboxylic acid groups (broad SMARTS) is 1. The van der Waals surface area contributed by atoms with Crippen LogP contribution in [0.15, 0.2) is 0 Å². The molecule has 19 heavy (non-hydrogen) atoms. The van der Waals surface area contributed by atoms with Gasteiger partial charge in [0.1, 0.15) is 0 Å². The number of carbonyl (C=O) groups excluding carboxylic acids is 1. The minimum Gasteiger partial charge on any atom is -0.550 e. The topological polar surface area (TPSA) is 60.4 Å². The van der Waals surface area contributed by atoms with Gasteiger partial charge in [0.25, 0.3) is 0 Å². The first-order chi connectivity index (χ1) is 9.27. The maximum atomic E-state index is 10.2. The maximum Gasteiger partial charge on any atom is 0.0431 e. The van der Waals surface area contributed by atoms with E-state index in [-0.39, 0.29) is 6.42 Å². The molecule has 114 valence electrons. The summed E-state index contributed by atoms with van der Waals surface area (Å²) in [6.45, 7) is 0.336. The second-order valence-electron chi connectivity index (χ2n) is 5.44. The molecule has 0 aromatic carbocycles. The highest BCUT2D eigenvalue weighted by Gasteiger charge is 1.94. The second-order valence-corrected chi connectivity index (χ2v) is 5.44. The molecule has 3 heteroatoms. The van der Waals surface area contributed by atoms with E-state index >= 15 is 0 Å². The van der Waals surface area contributed by atoms with E-state index in [1.54, 1.807) is 0 Å². The molecule has 0 heterocycles. The quantitative estimate of drug-likeness (QED) is 0.465. The molecule has 3 nitrogen and oxygen atoms in total. The van der Waals surface area contributed by atoms with E-state index in [0.717, 1.165) is 25.7 Å². The van der Waals surface area contributed by atoms with Crippen LogP contribution in [-0.2, 0) is 4.79 Å². The van der Waals surface area contributed by atoms with Crippen molar-refractivity contribution in [1.29, 1.82) is 0 Å². The zero-order valence-electron chi connectivity index (χ0n) is 12.4. The van der Waals surface area contributed by atoms with Crippen LogP contribution in [0.2, 0.25) is 0 Å². The summed E-state index contributed by atoms with van der Waals surface area (Å²) >= 11 is 0. The van der Waals surface area contributed by atoms with Crippen LogP contribution in [-0.4, -0.2) is 17.7 Å². The third-order valence-corrected chi connectivity index (χ3v) is 3.54. The summed E-state index contributed by atoms with van der Waals surface area (Å²) in [5, 5.41) is 18.8. The molecule has 0 aliphatic rings. The van der Waals surface area contributed by atoms with Crippen molar-refractivity contribution in [2.75, 3.05) is 6.61 Å². The number of unbranched alkanes of at least 4 members (excludes halogenated alkanes) is 12. The lowest BCUT2D eigenvalue weighted by Crippen LogP contribution is -2.21. The molecule has 0 rings (SSSR count). The highest BCUT2D eigenvalue weighted by atomic mass is 16.4. The van der Waals surface area contributed by atoms with Crippen molar-refractivity contribution in [2.24, 2.45) is 0 Å². The lowest BCUT2D eigenvalue weighted by Gasteiger charge is -2.03. The number of hydrogen-bond acceptors (Lipinski definition) is 3. The first-order valence-corrected chi connectivity index (χ1v) is 8.08. The van der Waals surface area contributed by atoms with E-state index < -0.39 is 5.97 Å². The van der Waals surface area contributed by atoms with Crippen molar-refractivity contribution in [2.45, 2.75) is 89.9 Å². The van der Waals surface area contributed by atoms with E-state index in [1.807, 2.05) is 0 Å². The molecular formula is C16H31O3-. The van der Waals surface area contributed by atoms with Crippen molar-refractivity contribution in [3.05, 3.63) is 0 Å². The smallest absolute Gasteiger partial charge is 0.0431 e. The SMILES string of the molecule is O=C([O-])CCCCCCCCCCCCCCCO. The van der Waals surface area contributed by atoms with Gasteiger partial charge in [-0.25, -0.2) is 0 Å². The van der Waals surface area contributed by atoms with Gasteiger partial charge in [-0.2, -0.15) is 0 Å². The highest BCUT2D eigenvalue weighted by molar-refractivity contribution is 5.63. The second kappa shape index (κ2) is 15.5. The van der Waals surface area contributed by atoms with Crippen molar-refractivity contribution < 1.29 is 15.0 Å². The number of aliphatic hydroxyl groups is 1. The van der Waals surface area contributed by atoms with Gasteiger partial charge in [-0.3, -0.25) is 0 Å². The fourth-order valence-electron chi connectivity index (χ4n) is 2.33. The molecule has 0 saturated carbocycles. The van der Waals surface area contributed by atoms with Gasteiger partial charge in [0.15, 0.2) is 0 Å². The van der Waals surface area contributed by atoms with Gasteiger partial charge in [0.05, 0.1) is 0 Å². The Kier molecular flexibility index (Phi) is 15.0. The Hall–Kier alpha value is -0.570. The Morgan fingerprint density at radius 2 is 0.947 bits per heavy atom. The lowest BCUT2D eigenvalue weighted by molar-refractivity contribution is -0.305. The lowest BCUT2D eigenvalue weighted by atomic mass is 10.0. The van der Waals surface area contributed by atoms with Gasteiger partial charge >= 0.3 is 0 Å². The minimum atomic E-state index is -0.918. The molecule has 0 aromatic rings. The van der Waals surface area contributed by atoms with Crippen molar-refractivity contribution in [1.82, 2.24) is 0 Å². The predicted octanol–water partition coefficient (Wildman–Crippen LogP) is 3.19. The molecule has 0 unspecified atom stereocenters. The Labute approximate surface area is 118 Å². The van der Waals surface area contributed by atoms with Gasteiger partial charge in [-0.05, 0) is 19.3 Å². The zero-order chi connectivity index (χ0) is 14.2. The van der Waals surface area contributed by atoms with Crippen LogP contribution in [0.5, 0.6) is 0 Å². The van der Waals surface area contributed by atoms with Gasteiger partial charge in [0, 0.05) is 12.6 Å². The van der Waals surface area contributed by atoms with E-state index in [0.29, 0.717) is 6.61 Å². The fourth-order valence-corrected chi connectivity index (χ4v) is 2.33. The maximum absolute atomic E-state index is 10.2. The predicted molar refractivity (Wildman–Crippen MR) is 76.7 cm³/mol. The number of rotatable bonds is 15. The average molecular weight is 271 g/mol. The number of carboxylic acids is 1. The largest absolute Gasteiger partial charge is 0.550 e. The molecule has 0 saturated heterocycles. The summed E-state index contributed by atoms with van der Waals surface area (Å²) < 4.78 is 0. The fraction of sp³-hybridized carbons (Fsp3) is 0.938. The molecule has 0 amide bonds. The summed E-state index contributed by atoms with van der Waals surface area (Å²) in [5.41, 5.74) is 0. The summed E-state index contributed by atoms with van der Waals surface area (Å²) in [7, 11) is 0. The molecule has 0 bridgehead atoms. The van der Waals surface area contributed by atoms with E-state index in [1.165, 1.54) is 57.8 Å². The molecule has 1 N–H and O–H groups in total. The molecular weight excluding hydrogens is 240 g/mol. The Morgan fingerprint density at radius 1 is 0.632 bits per heavy atom. The Morgan fingerprint density at radius 3 is 1.26 bits per heavy atom. The molecule has 0 aromatic heterocycles. The highest BCUT2D eigenvalue weighted by Crippen LogP contribution is 2.12. The van der Waals surface area contributed by atoms with Gasteiger partial charge in [-0.15, -0.1) is 0 Å². The van der Waals surface area contributed by atoms with Crippen molar-refractivity contribution in [3.8, 4) is 0 Å².